The molecule has 0 aliphatic carbocycles. The molecular weight excluding hydrogens is 486 g/mol. The number of rotatable bonds is 5. The van der Waals surface area contributed by atoms with E-state index in [0.29, 0.717) is 52.4 Å². The van der Waals surface area contributed by atoms with E-state index < -0.39 is 9.73 Å². The van der Waals surface area contributed by atoms with Gasteiger partial charge in [-0.05, 0) is 48.7 Å². The summed E-state index contributed by atoms with van der Waals surface area (Å²) in [5.41, 5.74) is 3.02. The fourth-order valence-electron chi connectivity index (χ4n) is 4.04. The fraction of sp³-hybridized carbons (Fsp3) is 0.179. The molecule has 0 spiro atoms. The Balaban J connectivity index is 1.35. The van der Waals surface area contributed by atoms with E-state index in [0.717, 1.165) is 17.5 Å². The molecule has 188 valence electrons. The second kappa shape index (κ2) is 10.8. The van der Waals surface area contributed by atoms with Gasteiger partial charge in [-0.15, -0.1) is 0 Å². The summed E-state index contributed by atoms with van der Waals surface area (Å²) in [4.78, 5) is 22.0. The smallest absolute Gasteiger partial charge is 0.229 e. The molecule has 2 heterocycles. The highest BCUT2D eigenvalue weighted by atomic mass is 32.2. The highest BCUT2D eigenvalue weighted by molar-refractivity contribution is 7.92. The number of benzene rings is 3. The van der Waals surface area contributed by atoms with Crippen molar-refractivity contribution in [1.29, 1.82) is 4.78 Å². The molecule has 9 heteroatoms. The monoisotopic (exact) mass is 513 g/mol. The van der Waals surface area contributed by atoms with E-state index >= 15 is 0 Å². The summed E-state index contributed by atoms with van der Waals surface area (Å²) in [6.07, 6.45) is 3.17. The first kappa shape index (κ1) is 24.5. The average Bonchev–Trinajstić information content (AvgIpc) is 2.93. The molecule has 5 rings (SSSR count). The van der Waals surface area contributed by atoms with Gasteiger partial charge in [-0.1, -0.05) is 48.5 Å². The predicted octanol–water partition coefficient (Wildman–Crippen LogP) is 5.76. The Morgan fingerprint density at radius 1 is 1.00 bits per heavy atom. The van der Waals surface area contributed by atoms with Crippen LogP contribution in [0.4, 0.5) is 17.5 Å². The van der Waals surface area contributed by atoms with Gasteiger partial charge in [-0.25, -0.2) is 14.0 Å². The zero-order valence-corrected chi connectivity index (χ0v) is 21.0. The van der Waals surface area contributed by atoms with E-state index in [2.05, 4.69) is 15.6 Å². The molecule has 0 radical (unpaired) electrons. The van der Waals surface area contributed by atoms with Crippen LogP contribution in [0.15, 0.2) is 90.0 Å². The molecule has 4 bridgehead atoms. The molecule has 3 aromatic carbocycles. The first-order chi connectivity index (χ1) is 18.0. The molecule has 0 fully saturated rings. The van der Waals surface area contributed by atoms with Gasteiger partial charge in [-0.3, -0.25) is 4.79 Å². The molecular formula is C28H27N5O3S. The number of carbonyl (C=O) groups is 1. The molecule has 0 saturated heterocycles. The Morgan fingerprint density at radius 3 is 2.62 bits per heavy atom. The first-order valence-electron chi connectivity index (χ1n) is 12.0. The molecule has 37 heavy (non-hydrogen) atoms. The van der Waals surface area contributed by atoms with Crippen molar-refractivity contribution in [2.45, 2.75) is 17.7 Å². The van der Waals surface area contributed by atoms with Crippen molar-refractivity contribution < 1.29 is 13.7 Å². The number of ether oxygens (including phenoxy) is 1. The number of hydrogen-bond acceptors (Lipinski definition) is 8. The van der Waals surface area contributed by atoms with Crippen molar-refractivity contribution in [3.8, 4) is 16.9 Å². The second-order valence-corrected chi connectivity index (χ2v) is 11.0. The summed E-state index contributed by atoms with van der Waals surface area (Å²) in [5, 5.41) is 6.54. The summed E-state index contributed by atoms with van der Waals surface area (Å²) in [5.74, 6) is 1.90. The average molecular weight is 514 g/mol. The number of nitrogens with zero attached hydrogens (tertiary/aromatic N) is 2. The topological polar surface area (TPSA) is 117 Å². The SMILES string of the molecule is N=S1(=O)CCCCNc2nc(ncc2-c2ccc(OCC(=O)c3ccccc3)cc2)Nc2cccc1c2. The standard InChI is InChI=1S/C28H27N5O3S/c29-37(35)16-5-4-15-30-27-25(18-31-28(33-27)32-22-9-6-10-24(37)17-22)20-11-13-23(14-12-20)36-19-26(34)21-7-2-1-3-8-21/h1-3,6-14,17-18,29H,4-5,15-16,19H2,(H2,30,31,32,33). The van der Waals surface area contributed by atoms with Gasteiger partial charge in [0.25, 0.3) is 0 Å². The van der Waals surface area contributed by atoms with Gasteiger partial charge in [0, 0.05) is 40.2 Å². The molecule has 1 aliphatic rings. The Morgan fingerprint density at radius 2 is 1.81 bits per heavy atom. The van der Waals surface area contributed by atoms with Crippen molar-refractivity contribution in [2.24, 2.45) is 0 Å². The molecule has 3 N–H and O–H groups in total. The number of anilines is 3. The summed E-state index contributed by atoms with van der Waals surface area (Å²) in [7, 11) is -2.86. The number of Topliss-reactive ketones (excluding diaryl/α,β-unsaturated/α-hetero) is 1. The van der Waals surface area contributed by atoms with Crippen molar-refractivity contribution in [3.05, 3.63) is 90.6 Å². The molecule has 0 saturated carbocycles. The van der Waals surface area contributed by atoms with Gasteiger partial charge in [0.1, 0.15) is 11.6 Å². The molecule has 0 amide bonds. The van der Waals surface area contributed by atoms with Gasteiger partial charge >= 0.3 is 0 Å². The lowest BCUT2D eigenvalue weighted by molar-refractivity contribution is 0.0921. The van der Waals surface area contributed by atoms with E-state index in [1.165, 1.54) is 0 Å². The molecule has 8 nitrogen and oxygen atoms in total. The number of carbonyl (C=O) groups excluding carboxylic acids is 1. The van der Waals surface area contributed by atoms with E-state index in [1.807, 2.05) is 48.5 Å². The van der Waals surface area contributed by atoms with E-state index in [9.17, 15) is 9.00 Å². The third kappa shape index (κ3) is 5.95. The van der Waals surface area contributed by atoms with Gasteiger partial charge in [-0.2, -0.15) is 4.98 Å². The van der Waals surface area contributed by atoms with Crippen molar-refractivity contribution >= 4 is 33.0 Å². The molecule has 1 aromatic heterocycles. The number of aromatic nitrogens is 2. The minimum atomic E-state index is -2.86. The molecule has 4 aromatic rings. The summed E-state index contributed by atoms with van der Waals surface area (Å²) < 4.78 is 26.9. The van der Waals surface area contributed by atoms with Crippen LogP contribution in [0, 0.1) is 4.78 Å². The normalized spacial score (nSPS) is 17.2. The highest BCUT2D eigenvalue weighted by Gasteiger charge is 2.15. The largest absolute Gasteiger partial charge is 0.485 e. The van der Waals surface area contributed by atoms with Gasteiger partial charge < -0.3 is 15.4 Å². The lowest BCUT2D eigenvalue weighted by Gasteiger charge is -2.13. The van der Waals surface area contributed by atoms with Gasteiger partial charge in [0.2, 0.25) is 5.95 Å². The van der Waals surface area contributed by atoms with Crippen molar-refractivity contribution in [2.75, 3.05) is 29.5 Å². The van der Waals surface area contributed by atoms with Crippen LogP contribution in [-0.2, 0) is 9.73 Å². The van der Waals surface area contributed by atoms with E-state index in [4.69, 9.17) is 14.5 Å². The number of hydrogen-bond donors (Lipinski definition) is 3. The Hall–Kier alpha value is -4.24. The second-order valence-electron chi connectivity index (χ2n) is 8.72. The summed E-state index contributed by atoms with van der Waals surface area (Å²) >= 11 is 0. The predicted molar refractivity (Wildman–Crippen MR) is 145 cm³/mol. The highest BCUT2D eigenvalue weighted by Crippen LogP contribution is 2.30. The zero-order chi connectivity index (χ0) is 25.7. The quantitative estimate of drug-likeness (QED) is 0.290. The van der Waals surface area contributed by atoms with Crippen LogP contribution < -0.4 is 15.4 Å². The van der Waals surface area contributed by atoms with E-state index in [1.54, 1.807) is 36.5 Å². The van der Waals surface area contributed by atoms with Crippen LogP contribution in [0.25, 0.3) is 11.1 Å². The van der Waals surface area contributed by atoms with Crippen LogP contribution >= 0.6 is 0 Å². The van der Waals surface area contributed by atoms with E-state index in [-0.39, 0.29) is 12.4 Å². The lowest BCUT2D eigenvalue weighted by Crippen LogP contribution is -2.11. The zero-order valence-electron chi connectivity index (χ0n) is 20.1. The number of nitrogens with one attached hydrogen (secondary N) is 3. The Kier molecular flexibility index (Phi) is 7.14. The van der Waals surface area contributed by atoms with Gasteiger partial charge in [0.15, 0.2) is 12.4 Å². The van der Waals surface area contributed by atoms with Gasteiger partial charge in [0.05, 0.1) is 9.73 Å². The summed E-state index contributed by atoms with van der Waals surface area (Å²) in [6.45, 7) is 0.588. The maximum atomic E-state index is 12.9. The first-order valence-corrected chi connectivity index (χ1v) is 13.8. The number of ketones is 1. The maximum Gasteiger partial charge on any atom is 0.229 e. The van der Waals surface area contributed by atoms with Crippen LogP contribution in [0.3, 0.4) is 0 Å². The lowest BCUT2D eigenvalue weighted by atomic mass is 10.1. The third-order valence-electron chi connectivity index (χ3n) is 6.04. The van der Waals surface area contributed by atoms with Crippen molar-refractivity contribution in [1.82, 2.24) is 9.97 Å². The minimum absolute atomic E-state index is 0.0362. The Bertz CT molecular complexity index is 1510. The molecule has 1 unspecified atom stereocenters. The maximum absolute atomic E-state index is 12.9. The fourth-order valence-corrected chi connectivity index (χ4v) is 5.50. The number of fused-ring (bicyclic) bond motifs is 4. The van der Waals surface area contributed by atoms with Crippen LogP contribution in [-0.4, -0.2) is 38.9 Å². The third-order valence-corrected chi connectivity index (χ3v) is 7.92. The van der Waals surface area contributed by atoms with Crippen LogP contribution in [0.1, 0.15) is 23.2 Å². The summed E-state index contributed by atoms with van der Waals surface area (Å²) in [6, 6.07) is 23.6. The van der Waals surface area contributed by atoms with Crippen LogP contribution in [0.2, 0.25) is 0 Å². The molecule has 1 atom stereocenters. The minimum Gasteiger partial charge on any atom is -0.485 e. The Labute approximate surface area is 216 Å². The van der Waals surface area contributed by atoms with Crippen molar-refractivity contribution in [3.63, 3.8) is 0 Å². The molecule has 1 aliphatic heterocycles. The van der Waals surface area contributed by atoms with Crippen LogP contribution in [0.5, 0.6) is 5.75 Å².